The first-order valence-corrected chi connectivity index (χ1v) is 6.81. The lowest BCUT2D eigenvalue weighted by atomic mass is 10.3. The van der Waals surface area contributed by atoms with Crippen molar-refractivity contribution in [3.63, 3.8) is 0 Å². The number of hydrogen-bond donors (Lipinski definition) is 0. The summed E-state index contributed by atoms with van der Waals surface area (Å²) in [5, 5.41) is 12.7. The molecule has 1 aromatic heterocycles. The molecule has 106 valence electrons. The van der Waals surface area contributed by atoms with E-state index < -0.39 is 0 Å². The van der Waals surface area contributed by atoms with Gasteiger partial charge in [-0.1, -0.05) is 11.6 Å². The van der Waals surface area contributed by atoms with E-state index in [-0.39, 0.29) is 11.2 Å². The number of aromatic nitrogens is 2. The minimum absolute atomic E-state index is 0.259. The van der Waals surface area contributed by atoms with Crippen LogP contribution in [0.15, 0.2) is 30.6 Å². The molecule has 2 aromatic rings. The Morgan fingerprint density at radius 3 is 2.75 bits per heavy atom. The Bertz CT molecular complexity index is 705. The van der Waals surface area contributed by atoms with Crippen LogP contribution in [-0.4, -0.2) is 22.7 Å². The van der Waals surface area contributed by atoms with Gasteiger partial charge in [-0.3, -0.25) is 0 Å². The molecule has 1 heterocycles. The maximum atomic E-state index is 12.3. The van der Waals surface area contributed by atoms with Crippen LogP contribution in [0.3, 0.4) is 0 Å². The van der Waals surface area contributed by atoms with Crippen molar-refractivity contribution in [1.82, 2.24) is 9.63 Å². The van der Waals surface area contributed by atoms with Gasteiger partial charge < -0.3 is 14.8 Å². The van der Waals surface area contributed by atoms with Crippen molar-refractivity contribution < 1.29 is 4.43 Å². The molecular weight excluding hydrogens is 278 g/mol. The van der Waals surface area contributed by atoms with E-state index in [9.17, 15) is 10.1 Å². The minimum Gasteiger partial charge on any atom is -0.805 e. The van der Waals surface area contributed by atoms with Gasteiger partial charge >= 0.3 is 0 Å². The summed E-state index contributed by atoms with van der Waals surface area (Å²) in [6, 6.07) is 4.62. The third-order valence-corrected chi connectivity index (χ3v) is 3.38. The zero-order chi connectivity index (χ0) is 14.7. The van der Waals surface area contributed by atoms with Crippen LogP contribution < -0.4 is 4.43 Å². The summed E-state index contributed by atoms with van der Waals surface area (Å²) in [6.45, 7) is 5.71. The van der Waals surface area contributed by atoms with E-state index >= 15 is 0 Å². The molecule has 0 fully saturated rings. The normalized spacial score (nSPS) is 11.3. The van der Waals surface area contributed by atoms with Crippen LogP contribution in [0.5, 0.6) is 0 Å². The van der Waals surface area contributed by atoms with E-state index in [1.165, 1.54) is 18.3 Å². The molecule has 0 bridgehead atoms. The Hall–Kier alpha value is -2.01. The fraction of sp³-hybridized carbons (Fsp3) is 0.286. The molecule has 0 atom stereocenters. The van der Waals surface area contributed by atoms with E-state index in [2.05, 4.69) is 0 Å². The molecule has 0 aliphatic carbocycles. The molecule has 0 saturated heterocycles. The second-order valence-corrected chi connectivity index (χ2v) is 4.78. The second-order valence-electron chi connectivity index (χ2n) is 4.34. The first-order chi connectivity index (χ1) is 9.56. The molecule has 0 N–H and O–H groups in total. The van der Waals surface area contributed by atoms with E-state index in [0.717, 1.165) is 17.8 Å². The summed E-state index contributed by atoms with van der Waals surface area (Å²) < 4.78 is 1.40. The first kappa shape index (κ1) is 14.4. The highest BCUT2D eigenvalue weighted by Gasteiger charge is 2.11. The molecule has 1 aromatic carbocycles. The molecule has 0 aliphatic heterocycles. The standard InChI is InChI=1S/C14H16ClN3O2/c1-3-16(4-2)8-7-12-10-17(19)13-6-5-11(15)9-14(13)18(12)20/h5-10H,3-4H2,1-2H3/b8-7+. The van der Waals surface area contributed by atoms with Gasteiger partial charge in [0, 0.05) is 35.3 Å². The molecule has 0 unspecified atom stereocenters. The Morgan fingerprint density at radius 2 is 2.10 bits per heavy atom. The summed E-state index contributed by atoms with van der Waals surface area (Å²) in [5.74, 6) is 0. The predicted octanol–water partition coefficient (Wildman–Crippen LogP) is 2.87. The van der Waals surface area contributed by atoms with Crippen LogP contribution >= 0.6 is 11.6 Å². The highest BCUT2D eigenvalue weighted by Crippen LogP contribution is 2.17. The number of nitrogens with zero attached hydrogens (tertiary/aromatic N) is 3. The molecule has 6 heteroatoms. The largest absolute Gasteiger partial charge is 0.805 e. The van der Waals surface area contributed by atoms with Crippen molar-refractivity contribution >= 4 is 28.7 Å². The van der Waals surface area contributed by atoms with Crippen LogP contribution in [0.1, 0.15) is 19.5 Å². The highest BCUT2D eigenvalue weighted by atomic mass is 35.5. The quantitative estimate of drug-likeness (QED) is 0.815. The van der Waals surface area contributed by atoms with E-state index in [1.54, 1.807) is 18.3 Å². The summed E-state index contributed by atoms with van der Waals surface area (Å²) in [5.41, 5.74) is 0.834. The zero-order valence-electron chi connectivity index (χ0n) is 11.4. The van der Waals surface area contributed by atoms with Gasteiger partial charge in [0.1, 0.15) is 11.2 Å². The van der Waals surface area contributed by atoms with Gasteiger partial charge in [0.2, 0.25) is 0 Å². The second kappa shape index (κ2) is 5.96. The van der Waals surface area contributed by atoms with Crippen molar-refractivity contribution in [2.75, 3.05) is 13.1 Å². The number of fused-ring (bicyclic) bond motifs is 1. The van der Waals surface area contributed by atoms with Gasteiger partial charge in [0.25, 0.3) is 11.7 Å². The smallest absolute Gasteiger partial charge is 0.286 e. The number of halogens is 1. The molecule has 0 spiro atoms. The van der Waals surface area contributed by atoms with Crippen LogP contribution in [0.4, 0.5) is 0 Å². The average molecular weight is 294 g/mol. The SMILES string of the molecule is CCN(/C=C/c1c[n+](=O)c2ccc(Cl)cc2n1[O-])CC. The van der Waals surface area contributed by atoms with Gasteiger partial charge in [-0.15, -0.1) is 0 Å². The number of hydrogen-bond acceptors (Lipinski definition) is 3. The van der Waals surface area contributed by atoms with Gasteiger partial charge in [-0.25, -0.2) is 0 Å². The topological polar surface area (TPSA) is 54.2 Å². The van der Waals surface area contributed by atoms with Crippen molar-refractivity contribution in [3.05, 3.63) is 51.4 Å². The fourth-order valence-corrected chi connectivity index (χ4v) is 2.12. The molecule has 2 rings (SSSR count). The summed E-state index contributed by atoms with van der Waals surface area (Å²) >= 11 is 5.88. The van der Waals surface area contributed by atoms with Crippen LogP contribution in [-0.2, 0) is 0 Å². The summed E-state index contributed by atoms with van der Waals surface area (Å²) in [7, 11) is 0. The van der Waals surface area contributed by atoms with Crippen LogP contribution in [0.2, 0.25) is 5.02 Å². The van der Waals surface area contributed by atoms with Crippen LogP contribution in [0, 0.1) is 10.1 Å². The fourth-order valence-electron chi connectivity index (χ4n) is 1.95. The Kier molecular flexibility index (Phi) is 4.29. The van der Waals surface area contributed by atoms with Gasteiger partial charge in [-0.2, -0.15) is 0 Å². The van der Waals surface area contributed by atoms with Crippen molar-refractivity contribution in [2.45, 2.75) is 13.8 Å². The third kappa shape index (κ3) is 2.77. The Balaban J connectivity index is 2.55. The molecule has 0 radical (unpaired) electrons. The van der Waals surface area contributed by atoms with Crippen molar-refractivity contribution in [3.8, 4) is 0 Å². The van der Waals surface area contributed by atoms with Gasteiger partial charge in [0.05, 0.1) is 4.43 Å². The van der Waals surface area contributed by atoms with Crippen molar-refractivity contribution in [2.24, 2.45) is 0 Å². The molecule has 0 amide bonds. The maximum Gasteiger partial charge on any atom is 0.286 e. The lowest BCUT2D eigenvalue weighted by molar-refractivity contribution is -0.464. The molecule has 5 nitrogen and oxygen atoms in total. The first-order valence-electron chi connectivity index (χ1n) is 6.44. The lowest BCUT2D eigenvalue weighted by Gasteiger charge is -2.17. The molecular formula is C14H16ClN3O2. The number of benzene rings is 1. The molecule has 20 heavy (non-hydrogen) atoms. The lowest BCUT2D eigenvalue weighted by Crippen LogP contribution is -2.19. The zero-order valence-corrected chi connectivity index (χ0v) is 12.2. The summed E-state index contributed by atoms with van der Waals surface area (Å²) in [4.78, 5) is 13.9. The van der Waals surface area contributed by atoms with Gasteiger partial charge in [-0.05, 0) is 32.1 Å². The average Bonchev–Trinajstić information content (AvgIpc) is 2.44. The summed E-state index contributed by atoms with van der Waals surface area (Å²) in [6.07, 6.45) is 4.71. The van der Waals surface area contributed by atoms with E-state index in [1.807, 2.05) is 18.7 Å². The maximum absolute atomic E-state index is 12.3. The molecule has 0 aliphatic rings. The van der Waals surface area contributed by atoms with Crippen molar-refractivity contribution in [1.29, 1.82) is 0 Å². The highest BCUT2D eigenvalue weighted by molar-refractivity contribution is 6.31. The molecule has 0 saturated carbocycles. The monoisotopic (exact) mass is 293 g/mol. The van der Waals surface area contributed by atoms with Crippen LogP contribution in [0.25, 0.3) is 17.1 Å². The Labute approximate surface area is 121 Å². The van der Waals surface area contributed by atoms with E-state index in [4.69, 9.17) is 11.6 Å². The minimum atomic E-state index is 0.259. The predicted molar refractivity (Wildman–Crippen MR) is 81.0 cm³/mol. The number of rotatable bonds is 4. The third-order valence-electron chi connectivity index (χ3n) is 3.15. The Morgan fingerprint density at radius 1 is 1.40 bits per heavy atom. The van der Waals surface area contributed by atoms with E-state index in [0.29, 0.717) is 15.0 Å². The van der Waals surface area contributed by atoms with Gasteiger partial charge in [0.15, 0.2) is 0 Å².